The fourth-order valence-corrected chi connectivity index (χ4v) is 1.84. The second-order valence-electron chi connectivity index (χ2n) is 3.78. The van der Waals surface area contributed by atoms with Gasteiger partial charge in [0.25, 0.3) is 0 Å². The van der Waals surface area contributed by atoms with Gasteiger partial charge in [0.2, 0.25) is 0 Å². The lowest BCUT2D eigenvalue weighted by atomic mass is 10.2. The highest BCUT2D eigenvalue weighted by Crippen LogP contribution is 2.21. The number of halogens is 1. The molecule has 0 saturated heterocycles. The first kappa shape index (κ1) is 11.8. The van der Waals surface area contributed by atoms with Crippen LogP contribution >= 0.6 is 11.6 Å². The Morgan fingerprint density at radius 3 is 2.65 bits per heavy atom. The molecule has 0 saturated carbocycles. The molecule has 88 valence electrons. The zero-order chi connectivity index (χ0) is 12.1. The van der Waals surface area contributed by atoms with Gasteiger partial charge in [-0.2, -0.15) is 0 Å². The van der Waals surface area contributed by atoms with Crippen LogP contribution in [0, 0.1) is 0 Å². The van der Waals surface area contributed by atoms with Crippen LogP contribution in [0.3, 0.4) is 0 Å². The van der Waals surface area contributed by atoms with E-state index in [1.165, 1.54) is 5.56 Å². The lowest BCUT2D eigenvalue weighted by molar-refractivity contribution is 1.15. The van der Waals surface area contributed by atoms with Crippen LogP contribution in [0.25, 0.3) is 0 Å². The summed E-state index contributed by atoms with van der Waals surface area (Å²) in [5, 5.41) is 7.19. The van der Waals surface area contributed by atoms with Crippen molar-refractivity contribution >= 4 is 23.0 Å². The molecule has 0 aliphatic heterocycles. The maximum absolute atomic E-state index is 6.07. The first-order valence-electron chi connectivity index (χ1n) is 5.54. The van der Waals surface area contributed by atoms with Gasteiger partial charge >= 0.3 is 0 Å². The molecule has 0 bridgehead atoms. The summed E-state index contributed by atoms with van der Waals surface area (Å²) in [6, 6.07) is 16.0. The summed E-state index contributed by atoms with van der Waals surface area (Å²) >= 11 is 6.07. The standard InChI is InChI=1S/C14H15ClN2/c1-16-12-6-4-5-11(9-12)10-17-14-8-3-2-7-13(14)15/h2-9,16-17H,10H2,1H3. The Balaban J connectivity index is 2.05. The van der Waals surface area contributed by atoms with E-state index in [0.29, 0.717) is 0 Å². The molecule has 0 aromatic heterocycles. The highest BCUT2D eigenvalue weighted by molar-refractivity contribution is 6.33. The molecule has 0 fully saturated rings. The molecule has 0 heterocycles. The Morgan fingerprint density at radius 1 is 1.06 bits per heavy atom. The average Bonchev–Trinajstić information content (AvgIpc) is 2.38. The van der Waals surface area contributed by atoms with Gasteiger partial charge in [-0.15, -0.1) is 0 Å². The number of nitrogens with one attached hydrogen (secondary N) is 2. The molecule has 0 aliphatic rings. The van der Waals surface area contributed by atoms with E-state index in [2.05, 4.69) is 22.8 Å². The van der Waals surface area contributed by atoms with Gasteiger partial charge in [0.1, 0.15) is 0 Å². The minimum Gasteiger partial charge on any atom is -0.388 e. The third-order valence-electron chi connectivity index (χ3n) is 2.57. The Hall–Kier alpha value is -1.67. The fraction of sp³-hybridized carbons (Fsp3) is 0.143. The van der Waals surface area contributed by atoms with Crippen molar-refractivity contribution in [1.29, 1.82) is 0 Å². The Morgan fingerprint density at radius 2 is 1.88 bits per heavy atom. The van der Waals surface area contributed by atoms with Crippen LogP contribution in [0.5, 0.6) is 0 Å². The average molecular weight is 247 g/mol. The van der Waals surface area contributed by atoms with Gasteiger partial charge in [0.05, 0.1) is 10.7 Å². The van der Waals surface area contributed by atoms with Gasteiger partial charge < -0.3 is 10.6 Å². The Kier molecular flexibility index (Phi) is 3.89. The summed E-state index contributed by atoms with van der Waals surface area (Å²) in [4.78, 5) is 0. The van der Waals surface area contributed by atoms with Crippen LogP contribution in [-0.2, 0) is 6.54 Å². The molecule has 2 aromatic carbocycles. The quantitative estimate of drug-likeness (QED) is 0.852. The van der Waals surface area contributed by atoms with Crippen LogP contribution in [0.15, 0.2) is 48.5 Å². The molecule has 3 heteroatoms. The molecular formula is C14H15ClN2. The number of para-hydroxylation sites is 1. The van der Waals surface area contributed by atoms with E-state index in [4.69, 9.17) is 11.6 Å². The van der Waals surface area contributed by atoms with Gasteiger partial charge in [-0.3, -0.25) is 0 Å². The number of anilines is 2. The highest BCUT2D eigenvalue weighted by atomic mass is 35.5. The molecule has 0 spiro atoms. The second-order valence-corrected chi connectivity index (χ2v) is 4.19. The van der Waals surface area contributed by atoms with Crippen molar-refractivity contribution in [1.82, 2.24) is 0 Å². The van der Waals surface area contributed by atoms with E-state index >= 15 is 0 Å². The van der Waals surface area contributed by atoms with Gasteiger partial charge in [-0.1, -0.05) is 35.9 Å². The molecule has 2 rings (SSSR count). The van der Waals surface area contributed by atoms with E-state index in [0.717, 1.165) is 22.9 Å². The lowest BCUT2D eigenvalue weighted by Gasteiger charge is -2.09. The zero-order valence-corrected chi connectivity index (χ0v) is 10.5. The maximum Gasteiger partial charge on any atom is 0.0637 e. The van der Waals surface area contributed by atoms with Crippen molar-refractivity contribution in [2.45, 2.75) is 6.54 Å². The fourth-order valence-electron chi connectivity index (χ4n) is 1.64. The van der Waals surface area contributed by atoms with Crippen molar-refractivity contribution in [2.24, 2.45) is 0 Å². The van der Waals surface area contributed by atoms with E-state index < -0.39 is 0 Å². The molecule has 2 aromatic rings. The predicted molar refractivity (Wildman–Crippen MR) is 74.8 cm³/mol. The minimum absolute atomic E-state index is 0.747. The summed E-state index contributed by atoms with van der Waals surface area (Å²) < 4.78 is 0. The molecule has 0 amide bonds. The highest BCUT2D eigenvalue weighted by Gasteiger charge is 1.98. The van der Waals surface area contributed by atoms with Crippen molar-refractivity contribution in [3.63, 3.8) is 0 Å². The second kappa shape index (κ2) is 5.60. The van der Waals surface area contributed by atoms with Gasteiger partial charge in [0.15, 0.2) is 0 Å². The minimum atomic E-state index is 0.747. The zero-order valence-electron chi connectivity index (χ0n) is 9.70. The third-order valence-corrected chi connectivity index (χ3v) is 2.90. The summed E-state index contributed by atoms with van der Waals surface area (Å²) in [6.45, 7) is 0.763. The van der Waals surface area contributed by atoms with Crippen LogP contribution in [-0.4, -0.2) is 7.05 Å². The van der Waals surface area contributed by atoms with Crippen LogP contribution in [0.4, 0.5) is 11.4 Å². The number of rotatable bonds is 4. The van der Waals surface area contributed by atoms with Crippen molar-refractivity contribution in [3.05, 3.63) is 59.1 Å². The maximum atomic E-state index is 6.07. The van der Waals surface area contributed by atoms with E-state index in [1.807, 2.05) is 43.4 Å². The van der Waals surface area contributed by atoms with E-state index in [9.17, 15) is 0 Å². The molecular weight excluding hydrogens is 232 g/mol. The molecule has 0 radical (unpaired) electrons. The molecule has 0 unspecified atom stereocenters. The SMILES string of the molecule is CNc1cccc(CNc2ccccc2Cl)c1. The Labute approximate surface area is 107 Å². The van der Waals surface area contributed by atoms with Crippen LogP contribution in [0.2, 0.25) is 5.02 Å². The van der Waals surface area contributed by atoms with Crippen molar-refractivity contribution in [3.8, 4) is 0 Å². The van der Waals surface area contributed by atoms with E-state index in [-0.39, 0.29) is 0 Å². The molecule has 0 atom stereocenters. The summed E-state index contributed by atoms with van der Waals surface area (Å²) in [5.74, 6) is 0. The smallest absolute Gasteiger partial charge is 0.0637 e. The monoisotopic (exact) mass is 246 g/mol. The van der Waals surface area contributed by atoms with Crippen molar-refractivity contribution in [2.75, 3.05) is 17.7 Å². The number of hydrogen-bond donors (Lipinski definition) is 2. The molecule has 2 N–H and O–H groups in total. The summed E-state index contributed by atoms with van der Waals surface area (Å²) in [6.07, 6.45) is 0. The first-order valence-corrected chi connectivity index (χ1v) is 5.92. The Bertz CT molecular complexity index is 497. The summed E-state index contributed by atoms with van der Waals surface area (Å²) in [5.41, 5.74) is 3.30. The number of hydrogen-bond acceptors (Lipinski definition) is 2. The van der Waals surface area contributed by atoms with E-state index in [1.54, 1.807) is 0 Å². The van der Waals surface area contributed by atoms with Gasteiger partial charge in [0, 0.05) is 19.3 Å². The lowest BCUT2D eigenvalue weighted by Crippen LogP contribution is -2.00. The first-order chi connectivity index (χ1) is 8.29. The predicted octanol–water partition coefficient (Wildman–Crippen LogP) is 3.99. The number of benzene rings is 2. The topological polar surface area (TPSA) is 24.1 Å². The summed E-state index contributed by atoms with van der Waals surface area (Å²) in [7, 11) is 1.92. The normalized spacial score (nSPS) is 10.0. The molecule has 0 aliphatic carbocycles. The van der Waals surface area contributed by atoms with Crippen molar-refractivity contribution < 1.29 is 0 Å². The van der Waals surface area contributed by atoms with Crippen LogP contribution < -0.4 is 10.6 Å². The molecule has 17 heavy (non-hydrogen) atoms. The van der Waals surface area contributed by atoms with Gasteiger partial charge in [-0.05, 0) is 29.8 Å². The molecule has 2 nitrogen and oxygen atoms in total. The van der Waals surface area contributed by atoms with Gasteiger partial charge in [-0.25, -0.2) is 0 Å². The third kappa shape index (κ3) is 3.14. The largest absolute Gasteiger partial charge is 0.388 e. The van der Waals surface area contributed by atoms with Crippen LogP contribution in [0.1, 0.15) is 5.56 Å².